The van der Waals surface area contributed by atoms with Gasteiger partial charge in [-0.2, -0.15) is 0 Å². The highest BCUT2D eigenvalue weighted by atomic mass is 32.2. The second kappa shape index (κ2) is 4.30. The summed E-state index contributed by atoms with van der Waals surface area (Å²) in [5, 5.41) is 4.60. The molecule has 0 saturated heterocycles. The second-order valence-electron chi connectivity index (χ2n) is 5.72. The molecule has 2 saturated carbocycles. The van der Waals surface area contributed by atoms with E-state index < -0.39 is 0 Å². The summed E-state index contributed by atoms with van der Waals surface area (Å²) in [4.78, 5) is 4.99. The summed E-state index contributed by atoms with van der Waals surface area (Å²) >= 11 is 1.91. The molecule has 0 amide bonds. The Labute approximate surface area is 112 Å². The number of nitrogens with zero attached hydrogens (tertiary/aromatic N) is 1. The molecular formula is C15H18N2S. The average molecular weight is 258 g/mol. The molecule has 94 valence electrons. The number of amidine groups is 1. The summed E-state index contributed by atoms with van der Waals surface area (Å²) < 4.78 is 0. The molecule has 0 spiro atoms. The Bertz CT molecular complexity index is 471. The molecule has 3 aliphatic rings. The Kier molecular flexibility index (Phi) is 2.61. The summed E-state index contributed by atoms with van der Waals surface area (Å²) in [7, 11) is 0. The molecule has 1 aromatic carbocycles. The monoisotopic (exact) mass is 258 g/mol. The fourth-order valence-corrected chi connectivity index (χ4v) is 5.08. The number of benzene rings is 1. The first-order valence-electron chi connectivity index (χ1n) is 6.93. The molecule has 2 bridgehead atoms. The largest absolute Gasteiger partial charge is 0.335 e. The zero-order valence-electron chi connectivity index (χ0n) is 10.4. The van der Waals surface area contributed by atoms with Crippen molar-refractivity contribution in [2.75, 3.05) is 11.1 Å². The van der Waals surface area contributed by atoms with E-state index >= 15 is 0 Å². The van der Waals surface area contributed by atoms with Gasteiger partial charge < -0.3 is 5.32 Å². The van der Waals surface area contributed by atoms with Crippen molar-refractivity contribution in [1.29, 1.82) is 0 Å². The molecule has 4 unspecified atom stereocenters. The van der Waals surface area contributed by atoms with Crippen LogP contribution in [0.1, 0.15) is 19.3 Å². The first-order valence-corrected chi connectivity index (χ1v) is 7.91. The number of anilines is 1. The van der Waals surface area contributed by atoms with Crippen molar-refractivity contribution in [2.45, 2.75) is 25.3 Å². The zero-order chi connectivity index (χ0) is 11.9. The fourth-order valence-electron chi connectivity index (χ4n) is 3.88. The van der Waals surface area contributed by atoms with E-state index in [1.165, 1.54) is 25.0 Å². The number of nitrogens with one attached hydrogen (secondary N) is 1. The highest BCUT2D eigenvalue weighted by Crippen LogP contribution is 2.52. The van der Waals surface area contributed by atoms with Gasteiger partial charge in [-0.1, -0.05) is 30.0 Å². The van der Waals surface area contributed by atoms with E-state index in [-0.39, 0.29) is 0 Å². The van der Waals surface area contributed by atoms with E-state index in [4.69, 9.17) is 4.99 Å². The molecular weight excluding hydrogens is 240 g/mol. The van der Waals surface area contributed by atoms with E-state index in [9.17, 15) is 0 Å². The Hall–Kier alpha value is -0.960. The van der Waals surface area contributed by atoms with Crippen molar-refractivity contribution in [3.8, 4) is 0 Å². The topological polar surface area (TPSA) is 24.4 Å². The maximum atomic E-state index is 4.99. The van der Waals surface area contributed by atoms with Crippen molar-refractivity contribution >= 4 is 22.6 Å². The smallest absolute Gasteiger partial charge is 0.161 e. The van der Waals surface area contributed by atoms with Gasteiger partial charge in [-0.15, -0.1) is 0 Å². The summed E-state index contributed by atoms with van der Waals surface area (Å²) in [6, 6.07) is 11.0. The third kappa shape index (κ3) is 1.76. The fraction of sp³-hybridized carbons (Fsp3) is 0.533. The predicted octanol–water partition coefficient (Wildman–Crippen LogP) is 3.62. The molecule has 4 rings (SSSR count). The molecule has 0 aromatic heterocycles. The van der Waals surface area contributed by atoms with Crippen molar-refractivity contribution in [2.24, 2.45) is 22.7 Å². The number of rotatable bonds is 1. The third-order valence-electron chi connectivity index (χ3n) is 4.74. The quantitative estimate of drug-likeness (QED) is 0.832. The van der Waals surface area contributed by atoms with Gasteiger partial charge in [0.1, 0.15) is 0 Å². The van der Waals surface area contributed by atoms with Crippen molar-refractivity contribution in [3.63, 3.8) is 0 Å². The van der Waals surface area contributed by atoms with E-state index in [1.807, 2.05) is 17.8 Å². The van der Waals surface area contributed by atoms with Crippen LogP contribution in [0.2, 0.25) is 0 Å². The van der Waals surface area contributed by atoms with E-state index in [1.54, 1.807) is 0 Å². The van der Waals surface area contributed by atoms with Gasteiger partial charge in [0, 0.05) is 11.4 Å². The molecule has 1 heterocycles. The van der Waals surface area contributed by atoms with Gasteiger partial charge in [0.05, 0.1) is 6.04 Å². The van der Waals surface area contributed by atoms with Crippen LogP contribution in [0.4, 0.5) is 5.69 Å². The summed E-state index contributed by atoms with van der Waals surface area (Å²) in [6.07, 6.45) is 4.32. The van der Waals surface area contributed by atoms with Gasteiger partial charge in [-0.05, 0) is 49.1 Å². The Balaban J connectivity index is 1.54. The van der Waals surface area contributed by atoms with Crippen LogP contribution >= 0.6 is 11.8 Å². The lowest BCUT2D eigenvalue weighted by molar-refractivity contribution is 0.317. The van der Waals surface area contributed by atoms with Crippen LogP contribution in [0.5, 0.6) is 0 Å². The minimum Gasteiger partial charge on any atom is -0.335 e. The Morgan fingerprint density at radius 2 is 1.94 bits per heavy atom. The van der Waals surface area contributed by atoms with Crippen LogP contribution in [0.25, 0.3) is 0 Å². The number of hydrogen-bond acceptors (Lipinski definition) is 3. The van der Waals surface area contributed by atoms with E-state index in [2.05, 4.69) is 29.6 Å². The second-order valence-corrected chi connectivity index (χ2v) is 6.73. The summed E-state index contributed by atoms with van der Waals surface area (Å²) in [6.45, 7) is 0. The minimum atomic E-state index is 0.621. The average Bonchev–Trinajstić information content (AvgIpc) is 3.01. The lowest BCUT2D eigenvalue weighted by atomic mass is 9.86. The van der Waals surface area contributed by atoms with Crippen LogP contribution in [-0.2, 0) is 0 Å². The Morgan fingerprint density at radius 1 is 1.11 bits per heavy atom. The lowest BCUT2D eigenvalue weighted by Gasteiger charge is -2.32. The number of fused-ring (bicyclic) bond motifs is 5. The molecule has 1 aliphatic heterocycles. The molecule has 1 aromatic rings. The van der Waals surface area contributed by atoms with Crippen molar-refractivity contribution in [3.05, 3.63) is 30.3 Å². The van der Waals surface area contributed by atoms with Crippen molar-refractivity contribution in [1.82, 2.24) is 0 Å². The van der Waals surface area contributed by atoms with Crippen LogP contribution < -0.4 is 5.32 Å². The maximum absolute atomic E-state index is 4.99. The highest BCUT2D eigenvalue weighted by Gasteiger charge is 2.48. The molecule has 1 N–H and O–H groups in total. The van der Waals surface area contributed by atoms with E-state index in [0.717, 1.165) is 28.6 Å². The lowest BCUT2D eigenvalue weighted by Crippen LogP contribution is -2.33. The summed E-state index contributed by atoms with van der Waals surface area (Å²) in [5.74, 6) is 4.00. The molecule has 2 aliphatic carbocycles. The Morgan fingerprint density at radius 3 is 2.83 bits per heavy atom. The summed E-state index contributed by atoms with van der Waals surface area (Å²) in [5.41, 5.74) is 1.16. The number of aliphatic imine (C=N–C) groups is 1. The first kappa shape index (κ1) is 10.9. The SMILES string of the molecule is c1ccc(NC2=NC3C4CCC(C4)C3CS2)cc1. The minimum absolute atomic E-state index is 0.621. The maximum Gasteiger partial charge on any atom is 0.161 e. The highest BCUT2D eigenvalue weighted by molar-refractivity contribution is 8.14. The van der Waals surface area contributed by atoms with E-state index in [0.29, 0.717) is 6.04 Å². The van der Waals surface area contributed by atoms with Gasteiger partial charge in [0.25, 0.3) is 0 Å². The van der Waals surface area contributed by atoms with Gasteiger partial charge in [0.15, 0.2) is 5.17 Å². The van der Waals surface area contributed by atoms with Gasteiger partial charge in [-0.25, -0.2) is 0 Å². The first-order chi connectivity index (χ1) is 8.90. The van der Waals surface area contributed by atoms with Crippen LogP contribution in [0, 0.1) is 17.8 Å². The van der Waals surface area contributed by atoms with Crippen LogP contribution in [-0.4, -0.2) is 17.0 Å². The number of thioether (sulfide) groups is 1. The number of hydrogen-bond donors (Lipinski definition) is 1. The third-order valence-corrected chi connectivity index (χ3v) is 5.78. The van der Waals surface area contributed by atoms with Crippen LogP contribution in [0.15, 0.2) is 35.3 Å². The molecule has 18 heavy (non-hydrogen) atoms. The number of para-hydroxylation sites is 1. The standard InChI is InChI=1S/C15H18N2S/c1-2-4-12(5-3-1)16-15-17-14-11-7-6-10(8-11)13(14)9-18-15/h1-5,10-11,13-14H,6-9H2,(H,16,17). The van der Waals surface area contributed by atoms with Crippen molar-refractivity contribution < 1.29 is 0 Å². The van der Waals surface area contributed by atoms with Gasteiger partial charge in [-0.3, -0.25) is 4.99 Å². The predicted molar refractivity (Wildman–Crippen MR) is 78.1 cm³/mol. The molecule has 2 nitrogen and oxygen atoms in total. The molecule has 0 radical (unpaired) electrons. The molecule has 3 heteroatoms. The molecule has 4 atom stereocenters. The van der Waals surface area contributed by atoms with Gasteiger partial charge in [0.2, 0.25) is 0 Å². The normalized spacial score (nSPS) is 37.2. The van der Waals surface area contributed by atoms with Gasteiger partial charge >= 0.3 is 0 Å². The van der Waals surface area contributed by atoms with Crippen LogP contribution in [0.3, 0.4) is 0 Å². The molecule has 2 fully saturated rings. The zero-order valence-corrected chi connectivity index (χ0v) is 11.2.